The molecule has 2 aromatic rings. The number of amides is 1. The van der Waals surface area contributed by atoms with Gasteiger partial charge in [0.1, 0.15) is 5.69 Å². The number of rotatable bonds is 6. The predicted octanol–water partition coefficient (Wildman–Crippen LogP) is 2.18. The second kappa shape index (κ2) is 7.70. The smallest absolute Gasteiger partial charge is 0.295 e. The Morgan fingerprint density at radius 3 is 2.24 bits per heavy atom. The Labute approximate surface area is 149 Å². The number of hydrogen-bond donors (Lipinski definition) is 0. The van der Waals surface area contributed by atoms with E-state index in [-0.39, 0.29) is 17.5 Å². The summed E-state index contributed by atoms with van der Waals surface area (Å²) in [5, 5.41) is 0. The molecule has 1 amide bonds. The third-order valence-corrected chi connectivity index (χ3v) is 4.91. The molecular formula is C19H28N4O2. The van der Waals surface area contributed by atoms with Crippen LogP contribution >= 0.6 is 0 Å². The van der Waals surface area contributed by atoms with Crippen molar-refractivity contribution in [2.75, 3.05) is 25.0 Å². The third-order valence-electron chi connectivity index (χ3n) is 4.91. The van der Waals surface area contributed by atoms with Crippen LogP contribution in [0, 0.1) is 6.92 Å². The molecule has 0 bridgehead atoms. The summed E-state index contributed by atoms with van der Waals surface area (Å²) in [6, 6.07) is 9.18. The Kier molecular flexibility index (Phi) is 5.85. The first kappa shape index (κ1) is 19.0. The second-order valence-electron chi connectivity index (χ2n) is 6.20. The van der Waals surface area contributed by atoms with Gasteiger partial charge >= 0.3 is 0 Å². The Balaban J connectivity index is 2.47. The Morgan fingerprint density at radius 2 is 1.72 bits per heavy atom. The molecule has 0 aliphatic carbocycles. The summed E-state index contributed by atoms with van der Waals surface area (Å²) in [4.78, 5) is 29.5. The molecule has 0 saturated carbocycles. The van der Waals surface area contributed by atoms with Crippen molar-refractivity contribution in [1.29, 1.82) is 0 Å². The molecule has 136 valence electrons. The van der Waals surface area contributed by atoms with Gasteiger partial charge in [0.2, 0.25) is 5.91 Å². The summed E-state index contributed by atoms with van der Waals surface area (Å²) in [6.45, 7) is 9.40. The van der Waals surface area contributed by atoms with Gasteiger partial charge in [-0.25, -0.2) is 4.68 Å². The highest BCUT2D eigenvalue weighted by Gasteiger charge is 2.28. The first-order valence-corrected chi connectivity index (χ1v) is 8.70. The van der Waals surface area contributed by atoms with Crippen LogP contribution in [0.1, 0.15) is 26.5 Å². The molecule has 0 radical (unpaired) electrons. The first-order valence-electron chi connectivity index (χ1n) is 8.70. The molecule has 1 atom stereocenters. The summed E-state index contributed by atoms with van der Waals surface area (Å²) >= 11 is 0. The van der Waals surface area contributed by atoms with Crippen molar-refractivity contribution in [3.63, 3.8) is 0 Å². The highest BCUT2D eigenvalue weighted by atomic mass is 16.2. The summed E-state index contributed by atoms with van der Waals surface area (Å²) < 4.78 is 3.38. The molecule has 0 spiro atoms. The molecule has 1 aromatic carbocycles. The lowest BCUT2D eigenvalue weighted by Gasteiger charge is -2.28. The van der Waals surface area contributed by atoms with Gasteiger partial charge in [0.05, 0.1) is 17.4 Å². The molecule has 1 unspecified atom stereocenters. The van der Waals surface area contributed by atoms with E-state index in [9.17, 15) is 9.59 Å². The fraction of sp³-hybridized carbons (Fsp3) is 0.474. The number of carbonyl (C=O) groups is 1. The zero-order chi connectivity index (χ0) is 18.7. The van der Waals surface area contributed by atoms with Crippen molar-refractivity contribution in [3.8, 4) is 5.69 Å². The molecule has 25 heavy (non-hydrogen) atoms. The van der Waals surface area contributed by atoms with Gasteiger partial charge in [0, 0.05) is 14.1 Å². The molecule has 0 saturated heterocycles. The number of carbonyl (C=O) groups excluding carboxylic acids is 1. The van der Waals surface area contributed by atoms with Crippen molar-refractivity contribution >= 4 is 11.6 Å². The fourth-order valence-corrected chi connectivity index (χ4v) is 3.26. The monoisotopic (exact) mass is 344 g/mol. The van der Waals surface area contributed by atoms with Gasteiger partial charge in [-0.2, -0.15) is 0 Å². The van der Waals surface area contributed by atoms with Gasteiger partial charge in [-0.3, -0.25) is 19.2 Å². The molecular weight excluding hydrogens is 316 g/mol. The molecule has 6 nitrogen and oxygen atoms in total. The van der Waals surface area contributed by atoms with Crippen LogP contribution < -0.4 is 10.5 Å². The average Bonchev–Trinajstić information content (AvgIpc) is 2.84. The summed E-state index contributed by atoms with van der Waals surface area (Å²) in [6.07, 6.45) is 0. The lowest BCUT2D eigenvalue weighted by atomic mass is 10.2. The third kappa shape index (κ3) is 3.39. The standard InChI is InChI=1S/C19H28N4O2/c1-7-22(8-2)15(4)18(24)20(5)17-14(3)21(6)23(19(17)25)16-12-10-9-11-13-16/h9-13,15H,7-8H2,1-6H3. The molecule has 0 aliphatic rings. The number of para-hydroxylation sites is 1. The Morgan fingerprint density at radius 1 is 1.16 bits per heavy atom. The van der Waals surface area contributed by atoms with Gasteiger partial charge in [-0.1, -0.05) is 32.0 Å². The number of benzene rings is 1. The zero-order valence-electron chi connectivity index (χ0n) is 16.0. The van der Waals surface area contributed by atoms with E-state index in [1.54, 1.807) is 16.4 Å². The minimum atomic E-state index is -0.274. The van der Waals surface area contributed by atoms with Crippen molar-refractivity contribution in [2.24, 2.45) is 7.05 Å². The lowest BCUT2D eigenvalue weighted by Crippen LogP contribution is -2.47. The van der Waals surface area contributed by atoms with Crippen molar-refractivity contribution in [2.45, 2.75) is 33.7 Å². The largest absolute Gasteiger partial charge is 0.308 e. The van der Waals surface area contributed by atoms with Crippen LogP contribution in [-0.4, -0.2) is 46.3 Å². The van der Waals surface area contributed by atoms with Crippen molar-refractivity contribution in [1.82, 2.24) is 14.3 Å². The SMILES string of the molecule is CCN(CC)C(C)C(=O)N(C)c1c(C)n(C)n(-c2ccccc2)c1=O. The topological polar surface area (TPSA) is 50.5 Å². The van der Waals surface area contributed by atoms with Crippen LogP contribution in [0.25, 0.3) is 5.69 Å². The summed E-state index contributed by atoms with van der Waals surface area (Å²) in [7, 11) is 3.51. The van der Waals surface area contributed by atoms with E-state index in [0.29, 0.717) is 5.69 Å². The Bertz CT molecular complexity index is 788. The highest BCUT2D eigenvalue weighted by Crippen LogP contribution is 2.18. The van der Waals surface area contributed by atoms with Crippen LogP contribution in [0.2, 0.25) is 0 Å². The average molecular weight is 344 g/mol. The number of aromatic nitrogens is 2. The van der Waals surface area contributed by atoms with Gasteiger partial charge in [-0.15, -0.1) is 0 Å². The van der Waals surface area contributed by atoms with Crippen molar-refractivity contribution in [3.05, 3.63) is 46.4 Å². The molecule has 1 heterocycles. The fourth-order valence-electron chi connectivity index (χ4n) is 3.26. The number of anilines is 1. The maximum absolute atomic E-state index is 13.0. The van der Waals surface area contributed by atoms with Gasteiger partial charge in [0.25, 0.3) is 5.56 Å². The molecule has 0 N–H and O–H groups in total. The molecule has 2 rings (SSSR count). The van der Waals surface area contributed by atoms with Crippen LogP contribution in [-0.2, 0) is 11.8 Å². The van der Waals surface area contributed by atoms with Gasteiger partial charge < -0.3 is 4.90 Å². The van der Waals surface area contributed by atoms with E-state index >= 15 is 0 Å². The second-order valence-corrected chi connectivity index (χ2v) is 6.20. The van der Waals surface area contributed by atoms with E-state index in [4.69, 9.17) is 0 Å². The molecule has 0 aliphatic heterocycles. The summed E-state index contributed by atoms with van der Waals surface area (Å²) in [5.41, 5.74) is 1.78. The minimum absolute atomic E-state index is 0.0743. The maximum Gasteiger partial charge on any atom is 0.295 e. The normalized spacial score (nSPS) is 12.4. The maximum atomic E-state index is 13.0. The number of hydrogen-bond acceptors (Lipinski definition) is 3. The van der Waals surface area contributed by atoms with Crippen LogP contribution in [0.4, 0.5) is 5.69 Å². The quantitative estimate of drug-likeness (QED) is 0.807. The Hall–Kier alpha value is -2.34. The van der Waals surface area contributed by atoms with E-state index < -0.39 is 0 Å². The lowest BCUT2D eigenvalue weighted by molar-refractivity contribution is -0.122. The van der Waals surface area contributed by atoms with Gasteiger partial charge in [-0.05, 0) is 39.1 Å². The van der Waals surface area contributed by atoms with E-state index in [1.807, 2.05) is 65.1 Å². The molecule has 1 aromatic heterocycles. The first-order chi connectivity index (χ1) is 11.8. The van der Waals surface area contributed by atoms with Crippen LogP contribution in [0.15, 0.2) is 35.1 Å². The van der Waals surface area contributed by atoms with Crippen molar-refractivity contribution < 1.29 is 4.79 Å². The molecule has 6 heteroatoms. The molecule has 0 fully saturated rings. The number of likely N-dealkylation sites (N-methyl/N-ethyl adjacent to an activating group) is 2. The van der Waals surface area contributed by atoms with Gasteiger partial charge in [0.15, 0.2) is 0 Å². The number of nitrogens with zero attached hydrogens (tertiary/aromatic N) is 4. The highest BCUT2D eigenvalue weighted by molar-refractivity contribution is 5.96. The summed E-state index contributed by atoms with van der Waals surface area (Å²) in [5.74, 6) is -0.0743. The zero-order valence-corrected chi connectivity index (χ0v) is 16.0. The van der Waals surface area contributed by atoms with Crippen LogP contribution in [0.3, 0.4) is 0 Å². The minimum Gasteiger partial charge on any atom is -0.308 e. The van der Waals surface area contributed by atoms with Crippen LogP contribution in [0.5, 0.6) is 0 Å². The van der Waals surface area contributed by atoms with E-state index in [2.05, 4.69) is 4.90 Å². The van der Waals surface area contributed by atoms with E-state index in [1.165, 1.54) is 4.90 Å². The van der Waals surface area contributed by atoms with E-state index in [0.717, 1.165) is 24.5 Å². The predicted molar refractivity (Wildman–Crippen MR) is 102 cm³/mol.